The van der Waals surface area contributed by atoms with Crippen molar-refractivity contribution >= 4 is 38.7 Å². The van der Waals surface area contributed by atoms with E-state index in [9.17, 15) is 9.59 Å². The standard InChI is InChI=1S/C24H31N5O3S/c1-24(2,3)32-23(31)26-15-17-8-9-19-20(14-17)33-22(27-19)29(21(30)18-6-4-7-18)12-5-11-28-13-10-25-16-28/h8-10,13-14,16,18H,4-7,11-12,15H2,1-3H3,(H,26,31). The Kier molecular flexibility index (Phi) is 6.97. The number of alkyl carbamates (subject to hydrolysis) is 1. The summed E-state index contributed by atoms with van der Waals surface area (Å²) in [5.41, 5.74) is 1.28. The first-order valence-corrected chi connectivity index (χ1v) is 12.2. The van der Waals surface area contributed by atoms with Crippen LogP contribution in [0.1, 0.15) is 52.0 Å². The second kappa shape index (κ2) is 9.91. The van der Waals surface area contributed by atoms with Gasteiger partial charge in [0.05, 0.1) is 16.5 Å². The summed E-state index contributed by atoms with van der Waals surface area (Å²) in [5.74, 6) is 0.289. The zero-order valence-corrected chi connectivity index (χ0v) is 20.2. The van der Waals surface area contributed by atoms with Gasteiger partial charge in [-0.25, -0.2) is 14.8 Å². The van der Waals surface area contributed by atoms with Crippen molar-refractivity contribution < 1.29 is 14.3 Å². The SMILES string of the molecule is CC(C)(C)OC(=O)NCc1ccc2nc(N(CCCn3ccnc3)C(=O)C3CCC3)sc2c1. The van der Waals surface area contributed by atoms with E-state index in [0.29, 0.717) is 13.1 Å². The lowest BCUT2D eigenvalue weighted by Crippen LogP contribution is -2.39. The number of nitrogens with one attached hydrogen (secondary N) is 1. The van der Waals surface area contributed by atoms with E-state index in [1.54, 1.807) is 12.5 Å². The molecule has 0 unspecified atom stereocenters. The number of amides is 2. The van der Waals surface area contributed by atoms with Crippen molar-refractivity contribution in [1.29, 1.82) is 0 Å². The number of hydrogen-bond acceptors (Lipinski definition) is 6. The van der Waals surface area contributed by atoms with E-state index in [2.05, 4.69) is 10.3 Å². The molecule has 0 atom stereocenters. The normalized spacial score (nSPS) is 14.2. The van der Waals surface area contributed by atoms with Gasteiger partial charge < -0.3 is 14.6 Å². The fourth-order valence-electron chi connectivity index (χ4n) is 3.68. The van der Waals surface area contributed by atoms with Crippen LogP contribution in [0, 0.1) is 5.92 Å². The Labute approximate surface area is 198 Å². The number of ether oxygens (including phenoxy) is 1. The predicted octanol–water partition coefficient (Wildman–Crippen LogP) is 4.74. The third-order valence-electron chi connectivity index (χ3n) is 5.59. The predicted molar refractivity (Wildman–Crippen MR) is 129 cm³/mol. The number of aromatic nitrogens is 3. The Balaban J connectivity index is 1.46. The van der Waals surface area contributed by atoms with E-state index < -0.39 is 11.7 Å². The summed E-state index contributed by atoms with van der Waals surface area (Å²) >= 11 is 1.52. The maximum Gasteiger partial charge on any atom is 0.407 e. The largest absolute Gasteiger partial charge is 0.444 e. The Morgan fingerprint density at radius 2 is 2.12 bits per heavy atom. The highest BCUT2D eigenvalue weighted by molar-refractivity contribution is 7.22. The topological polar surface area (TPSA) is 89.3 Å². The van der Waals surface area contributed by atoms with E-state index in [0.717, 1.165) is 53.1 Å². The van der Waals surface area contributed by atoms with Crippen LogP contribution in [0.25, 0.3) is 10.2 Å². The molecule has 0 aliphatic heterocycles. The molecule has 0 saturated heterocycles. The summed E-state index contributed by atoms with van der Waals surface area (Å²) in [6.07, 6.45) is 8.92. The molecule has 1 aliphatic carbocycles. The van der Waals surface area contributed by atoms with Gasteiger partial charge in [0.25, 0.3) is 0 Å². The number of benzene rings is 1. The molecule has 1 N–H and O–H groups in total. The van der Waals surface area contributed by atoms with Gasteiger partial charge in [-0.1, -0.05) is 23.8 Å². The molecule has 2 aromatic heterocycles. The number of imidazole rings is 1. The number of aryl methyl sites for hydroxylation is 1. The number of thiazole rings is 1. The van der Waals surface area contributed by atoms with Gasteiger partial charge in [-0.15, -0.1) is 0 Å². The van der Waals surface area contributed by atoms with Crippen LogP contribution in [0.3, 0.4) is 0 Å². The van der Waals surface area contributed by atoms with E-state index >= 15 is 0 Å². The third kappa shape index (κ3) is 6.10. The summed E-state index contributed by atoms with van der Waals surface area (Å²) in [5, 5.41) is 3.53. The average Bonchev–Trinajstić information content (AvgIpc) is 3.36. The van der Waals surface area contributed by atoms with Gasteiger partial charge in [0.15, 0.2) is 5.13 Å². The van der Waals surface area contributed by atoms with Crippen molar-refractivity contribution in [3.05, 3.63) is 42.5 Å². The zero-order chi connectivity index (χ0) is 23.4. The number of nitrogens with zero attached hydrogens (tertiary/aromatic N) is 4. The van der Waals surface area contributed by atoms with Gasteiger partial charge in [-0.2, -0.15) is 0 Å². The highest BCUT2D eigenvalue weighted by Gasteiger charge is 2.31. The molecular weight excluding hydrogens is 438 g/mol. The van der Waals surface area contributed by atoms with Crippen molar-refractivity contribution in [3.63, 3.8) is 0 Å². The van der Waals surface area contributed by atoms with E-state index in [4.69, 9.17) is 9.72 Å². The first kappa shape index (κ1) is 23.2. The Bertz CT molecular complexity index is 1100. The second-order valence-electron chi connectivity index (χ2n) is 9.43. The van der Waals surface area contributed by atoms with Crippen LogP contribution in [0.5, 0.6) is 0 Å². The molecule has 8 nitrogen and oxygen atoms in total. The van der Waals surface area contributed by atoms with Crippen LogP contribution in [0.15, 0.2) is 36.9 Å². The van der Waals surface area contributed by atoms with Crippen LogP contribution < -0.4 is 10.2 Å². The molecule has 2 amide bonds. The molecule has 4 rings (SSSR count). The lowest BCUT2D eigenvalue weighted by molar-refractivity contribution is -0.124. The minimum Gasteiger partial charge on any atom is -0.444 e. The minimum absolute atomic E-state index is 0.110. The quantitative estimate of drug-likeness (QED) is 0.515. The fraction of sp³-hybridized carbons (Fsp3) is 0.500. The van der Waals surface area contributed by atoms with Gasteiger partial charge in [0.1, 0.15) is 5.60 Å². The molecule has 3 aromatic rings. The van der Waals surface area contributed by atoms with Crippen LogP contribution in [-0.2, 0) is 22.6 Å². The van der Waals surface area contributed by atoms with Crippen molar-refractivity contribution in [2.75, 3.05) is 11.4 Å². The van der Waals surface area contributed by atoms with Crippen LogP contribution in [0.4, 0.5) is 9.93 Å². The summed E-state index contributed by atoms with van der Waals surface area (Å²) < 4.78 is 8.32. The van der Waals surface area contributed by atoms with Gasteiger partial charge in [-0.05, 0) is 57.7 Å². The lowest BCUT2D eigenvalue weighted by Gasteiger charge is -2.30. The monoisotopic (exact) mass is 469 g/mol. The molecule has 0 spiro atoms. The van der Waals surface area contributed by atoms with Gasteiger partial charge in [0.2, 0.25) is 5.91 Å². The number of rotatable bonds is 8. The molecule has 176 valence electrons. The smallest absolute Gasteiger partial charge is 0.407 e. The van der Waals surface area contributed by atoms with E-state index in [1.807, 2.05) is 54.6 Å². The highest BCUT2D eigenvalue weighted by Crippen LogP contribution is 2.34. The van der Waals surface area contributed by atoms with Gasteiger partial charge in [0, 0.05) is 37.9 Å². The number of carbonyl (C=O) groups excluding carboxylic acids is 2. The summed E-state index contributed by atoms with van der Waals surface area (Å²) in [6, 6.07) is 5.91. The van der Waals surface area contributed by atoms with Crippen LogP contribution in [0.2, 0.25) is 0 Å². The number of carbonyl (C=O) groups is 2. The molecule has 1 aliphatic rings. The van der Waals surface area contributed by atoms with Crippen LogP contribution >= 0.6 is 11.3 Å². The molecular formula is C24H31N5O3S. The van der Waals surface area contributed by atoms with Gasteiger partial charge in [-0.3, -0.25) is 9.69 Å². The minimum atomic E-state index is -0.533. The fourth-order valence-corrected chi connectivity index (χ4v) is 4.74. The first-order chi connectivity index (χ1) is 15.8. The summed E-state index contributed by atoms with van der Waals surface area (Å²) in [4.78, 5) is 35.8. The van der Waals surface area contributed by atoms with Gasteiger partial charge >= 0.3 is 6.09 Å². The second-order valence-corrected chi connectivity index (χ2v) is 10.4. The Morgan fingerprint density at radius 1 is 1.30 bits per heavy atom. The Hall–Kier alpha value is -2.94. The molecule has 2 heterocycles. The highest BCUT2D eigenvalue weighted by atomic mass is 32.1. The molecule has 33 heavy (non-hydrogen) atoms. The molecule has 0 radical (unpaired) electrons. The molecule has 1 aromatic carbocycles. The first-order valence-electron chi connectivity index (χ1n) is 11.4. The Morgan fingerprint density at radius 3 is 2.79 bits per heavy atom. The van der Waals surface area contributed by atoms with Crippen LogP contribution in [-0.4, -0.2) is 38.7 Å². The molecule has 1 saturated carbocycles. The molecule has 1 fully saturated rings. The van der Waals surface area contributed by atoms with E-state index in [-0.39, 0.29) is 11.8 Å². The number of fused-ring (bicyclic) bond motifs is 1. The maximum atomic E-state index is 13.2. The average molecular weight is 470 g/mol. The van der Waals surface area contributed by atoms with Crippen molar-refractivity contribution in [3.8, 4) is 0 Å². The van der Waals surface area contributed by atoms with E-state index in [1.165, 1.54) is 11.3 Å². The maximum absolute atomic E-state index is 13.2. The molecule has 0 bridgehead atoms. The number of anilines is 1. The third-order valence-corrected chi connectivity index (χ3v) is 6.63. The molecule has 9 heteroatoms. The van der Waals surface area contributed by atoms with Crippen molar-refractivity contribution in [2.24, 2.45) is 5.92 Å². The van der Waals surface area contributed by atoms with Crippen molar-refractivity contribution in [1.82, 2.24) is 19.9 Å². The zero-order valence-electron chi connectivity index (χ0n) is 19.4. The number of hydrogen-bond donors (Lipinski definition) is 1. The van der Waals surface area contributed by atoms with Crippen molar-refractivity contribution in [2.45, 2.75) is 65.1 Å². The lowest BCUT2D eigenvalue weighted by atomic mass is 9.84. The summed E-state index contributed by atoms with van der Waals surface area (Å²) in [6.45, 7) is 7.31. The summed E-state index contributed by atoms with van der Waals surface area (Å²) in [7, 11) is 0.